The summed E-state index contributed by atoms with van der Waals surface area (Å²) in [6.07, 6.45) is 1.03. The van der Waals surface area contributed by atoms with Crippen LogP contribution in [0.25, 0.3) is 0 Å². The topological polar surface area (TPSA) is 105 Å². The number of rotatable bonds is 9. The van der Waals surface area contributed by atoms with Crippen LogP contribution in [0, 0.1) is 12.8 Å². The summed E-state index contributed by atoms with van der Waals surface area (Å²) in [6.45, 7) is 6.19. The normalized spacial score (nSPS) is 16.3. The number of benzene rings is 3. The van der Waals surface area contributed by atoms with Crippen LogP contribution in [0.4, 0.5) is 17.1 Å². The summed E-state index contributed by atoms with van der Waals surface area (Å²) in [6, 6.07) is 19.1. The van der Waals surface area contributed by atoms with Gasteiger partial charge in [0.15, 0.2) is 0 Å². The molecule has 1 heterocycles. The summed E-state index contributed by atoms with van der Waals surface area (Å²) < 4.78 is 33.9. The molecular formula is C29H33N3O5S. The Labute approximate surface area is 224 Å². The van der Waals surface area contributed by atoms with E-state index in [-0.39, 0.29) is 35.6 Å². The number of nitrogens with zero attached hydrogens (tertiary/aromatic N) is 1. The van der Waals surface area contributed by atoms with E-state index in [1.807, 2.05) is 24.3 Å². The zero-order valence-electron chi connectivity index (χ0n) is 22.0. The Morgan fingerprint density at radius 1 is 1.08 bits per heavy atom. The molecule has 0 radical (unpaired) electrons. The van der Waals surface area contributed by atoms with Gasteiger partial charge in [-0.25, -0.2) is 8.42 Å². The minimum atomic E-state index is -3.91. The van der Waals surface area contributed by atoms with Gasteiger partial charge in [-0.2, -0.15) is 0 Å². The van der Waals surface area contributed by atoms with Crippen LogP contribution in [0.5, 0.6) is 5.75 Å². The van der Waals surface area contributed by atoms with Crippen molar-refractivity contribution in [2.45, 2.75) is 44.4 Å². The molecule has 0 saturated carbocycles. The first-order valence-electron chi connectivity index (χ1n) is 12.6. The van der Waals surface area contributed by atoms with Crippen molar-refractivity contribution in [1.29, 1.82) is 0 Å². The van der Waals surface area contributed by atoms with E-state index in [0.29, 0.717) is 22.7 Å². The van der Waals surface area contributed by atoms with E-state index in [1.54, 1.807) is 48.2 Å². The van der Waals surface area contributed by atoms with Crippen LogP contribution in [0.2, 0.25) is 0 Å². The summed E-state index contributed by atoms with van der Waals surface area (Å²) in [5, 5.41) is 2.82. The molecule has 9 heteroatoms. The highest BCUT2D eigenvalue weighted by Crippen LogP contribution is 2.34. The summed E-state index contributed by atoms with van der Waals surface area (Å²) in [7, 11) is -2.38. The maximum atomic E-state index is 13.1. The molecule has 2 N–H and O–H groups in total. The Hall–Kier alpha value is -3.85. The number of sulfonamides is 1. The Morgan fingerprint density at radius 2 is 1.76 bits per heavy atom. The highest BCUT2D eigenvalue weighted by Gasteiger charge is 2.36. The van der Waals surface area contributed by atoms with Gasteiger partial charge >= 0.3 is 0 Å². The third kappa shape index (κ3) is 5.83. The Morgan fingerprint density at radius 3 is 2.45 bits per heavy atom. The van der Waals surface area contributed by atoms with E-state index >= 15 is 0 Å². The van der Waals surface area contributed by atoms with E-state index in [1.165, 1.54) is 13.2 Å². The quantitative estimate of drug-likeness (QED) is 0.386. The van der Waals surface area contributed by atoms with Crippen LogP contribution in [0.3, 0.4) is 0 Å². The van der Waals surface area contributed by atoms with E-state index in [9.17, 15) is 18.0 Å². The lowest BCUT2D eigenvalue weighted by Gasteiger charge is -2.23. The third-order valence-corrected chi connectivity index (χ3v) is 8.48. The predicted octanol–water partition coefficient (Wildman–Crippen LogP) is 5.31. The fourth-order valence-corrected chi connectivity index (χ4v) is 5.90. The largest absolute Gasteiger partial charge is 0.497 e. The standard InChI is InChI=1S/C29H33N3O5S/c1-5-19(2)25-8-6-7-9-26(25)32-18-21(16-28(32)33)29(34)30-23-11-10-20(3)27(17-23)38(35,36)31-22-12-14-24(37-4)15-13-22/h6-15,17,19,21,31H,5,16,18H2,1-4H3,(H,30,34)/t19-,21-/m1/s1. The monoisotopic (exact) mass is 535 g/mol. The molecule has 2 amide bonds. The van der Waals surface area contributed by atoms with Crippen LogP contribution >= 0.6 is 0 Å². The molecular weight excluding hydrogens is 502 g/mol. The zero-order chi connectivity index (χ0) is 27.4. The number of hydrogen-bond acceptors (Lipinski definition) is 5. The minimum absolute atomic E-state index is 0.0534. The van der Waals surface area contributed by atoms with Gasteiger partial charge in [-0.1, -0.05) is 38.1 Å². The number of carbonyl (C=O) groups excluding carboxylic acids is 2. The molecule has 1 fully saturated rings. The SMILES string of the molecule is CC[C@@H](C)c1ccccc1N1C[C@H](C(=O)Nc2ccc(C)c(S(=O)(=O)Nc3ccc(OC)cc3)c2)CC1=O. The number of hydrogen-bond donors (Lipinski definition) is 2. The zero-order valence-corrected chi connectivity index (χ0v) is 22.8. The van der Waals surface area contributed by atoms with E-state index in [4.69, 9.17) is 4.74 Å². The van der Waals surface area contributed by atoms with Crippen LogP contribution in [0.15, 0.2) is 71.6 Å². The van der Waals surface area contributed by atoms with Gasteiger partial charge in [0.2, 0.25) is 11.8 Å². The number of aryl methyl sites for hydroxylation is 1. The van der Waals surface area contributed by atoms with Crippen molar-refractivity contribution in [2.75, 3.05) is 28.6 Å². The Bertz CT molecular complexity index is 1440. The molecule has 38 heavy (non-hydrogen) atoms. The highest BCUT2D eigenvalue weighted by molar-refractivity contribution is 7.92. The van der Waals surface area contributed by atoms with Crippen molar-refractivity contribution >= 4 is 38.9 Å². The smallest absolute Gasteiger partial charge is 0.262 e. The fourth-order valence-electron chi connectivity index (χ4n) is 4.57. The fraction of sp³-hybridized carbons (Fsp3) is 0.310. The number of carbonyl (C=O) groups is 2. The maximum absolute atomic E-state index is 13.1. The number of anilines is 3. The molecule has 3 aromatic rings. The van der Waals surface area contributed by atoms with Crippen LogP contribution in [-0.2, 0) is 19.6 Å². The van der Waals surface area contributed by atoms with Crippen LogP contribution in [-0.4, -0.2) is 33.9 Å². The van der Waals surface area contributed by atoms with Crippen molar-refractivity contribution in [1.82, 2.24) is 0 Å². The van der Waals surface area contributed by atoms with Crippen LogP contribution in [0.1, 0.15) is 43.7 Å². The van der Waals surface area contributed by atoms with Crippen molar-refractivity contribution in [2.24, 2.45) is 5.92 Å². The molecule has 2 atom stereocenters. The number of methoxy groups -OCH3 is 1. The molecule has 0 bridgehead atoms. The summed E-state index contributed by atoms with van der Waals surface area (Å²) in [4.78, 5) is 27.8. The van der Waals surface area contributed by atoms with Crippen molar-refractivity contribution in [3.8, 4) is 5.75 Å². The number of ether oxygens (including phenoxy) is 1. The molecule has 0 aliphatic carbocycles. The van der Waals surface area contributed by atoms with Gasteiger partial charge in [-0.3, -0.25) is 14.3 Å². The van der Waals surface area contributed by atoms with Crippen molar-refractivity contribution in [3.63, 3.8) is 0 Å². The molecule has 1 aliphatic rings. The van der Waals surface area contributed by atoms with Crippen molar-refractivity contribution < 1.29 is 22.7 Å². The van der Waals surface area contributed by atoms with Crippen LogP contribution < -0.4 is 19.7 Å². The predicted molar refractivity (Wildman–Crippen MR) is 149 cm³/mol. The van der Waals surface area contributed by atoms with Crippen molar-refractivity contribution in [3.05, 3.63) is 77.9 Å². The van der Waals surface area contributed by atoms with E-state index in [2.05, 4.69) is 23.9 Å². The average molecular weight is 536 g/mol. The van der Waals surface area contributed by atoms with Gasteiger partial charge in [-0.05, 0) is 72.9 Å². The lowest BCUT2D eigenvalue weighted by atomic mass is 9.96. The molecule has 1 saturated heterocycles. The Balaban J connectivity index is 1.49. The second-order valence-corrected chi connectivity index (χ2v) is 11.2. The van der Waals surface area contributed by atoms with Gasteiger partial charge in [-0.15, -0.1) is 0 Å². The maximum Gasteiger partial charge on any atom is 0.262 e. The summed E-state index contributed by atoms with van der Waals surface area (Å²) in [5.74, 6) is -0.0762. The average Bonchev–Trinajstić information content (AvgIpc) is 3.31. The lowest BCUT2D eigenvalue weighted by Crippen LogP contribution is -2.29. The first-order valence-corrected chi connectivity index (χ1v) is 14.1. The summed E-state index contributed by atoms with van der Waals surface area (Å²) >= 11 is 0. The van der Waals surface area contributed by atoms with Gasteiger partial charge in [0.05, 0.1) is 17.9 Å². The summed E-state index contributed by atoms with van der Waals surface area (Å²) in [5.41, 5.74) is 3.20. The van der Waals surface area contributed by atoms with Gasteiger partial charge in [0, 0.05) is 30.0 Å². The molecule has 1 aliphatic heterocycles. The van der Waals surface area contributed by atoms with E-state index < -0.39 is 15.9 Å². The molecule has 200 valence electrons. The second kappa shape index (κ2) is 11.3. The highest BCUT2D eigenvalue weighted by atomic mass is 32.2. The Kier molecular flexibility index (Phi) is 8.06. The molecule has 3 aromatic carbocycles. The third-order valence-electron chi connectivity index (χ3n) is 6.95. The van der Waals surface area contributed by atoms with Gasteiger partial charge in [0.1, 0.15) is 5.75 Å². The first kappa shape index (κ1) is 27.2. The molecule has 8 nitrogen and oxygen atoms in total. The molecule has 0 unspecified atom stereocenters. The molecule has 0 aromatic heterocycles. The second-order valence-electron chi connectivity index (χ2n) is 9.58. The number of amides is 2. The molecule has 0 spiro atoms. The minimum Gasteiger partial charge on any atom is -0.497 e. The van der Waals surface area contributed by atoms with E-state index in [0.717, 1.165) is 17.7 Å². The number of para-hydroxylation sites is 1. The number of nitrogens with one attached hydrogen (secondary N) is 2. The first-order chi connectivity index (χ1) is 18.1. The lowest BCUT2D eigenvalue weighted by molar-refractivity contribution is -0.122. The molecule has 4 rings (SSSR count). The van der Waals surface area contributed by atoms with Gasteiger partial charge < -0.3 is 15.0 Å². The van der Waals surface area contributed by atoms with Gasteiger partial charge in [0.25, 0.3) is 10.0 Å².